The number of aromatic nitrogens is 3. The fraction of sp³-hybridized carbons (Fsp3) is 0.118. The minimum atomic E-state index is -5.00. The van der Waals surface area contributed by atoms with Gasteiger partial charge in [-0.1, -0.05) is 23.4 Å². The Balaban J connectivity index is 1.75. The van der Waals surface area contributed by atoms with E-state index in [0.717, 1.165) is 12.1 Å². The number of halogens is 4. The van der Waals surface area contributed by atoms with E-state index >= 15 is 0 Å². The maximum Gasteiger partial charge on any atom is 0.573 e. The molecule has 0 unspecified atom stereocenters. The van der Waals surface area contributed by atoms with E-state index in [1.54, 1.807) is 24.3 Å². The Morgan fingerprint density at radius 2 is 1.96 bits per heavy atom. The smallest absolute Gasteiger partial charge is 0.489 e. The fourth-order valence-electron chi connectivity index (χ4n) is 2.25. The molecule has 1 aromatic heterocycles. The first kappa shape index (κ1) is 18.2. The Kier molecular flexibility index (Phi) is 4.94. The van der Waals surface area contributed by atoms with Crippen LogP contribution in [0.2, 0.25) is 0 Å². The van der Waals surface area contributed by atoms with E-state index in [0.29, 0.717) is 17.0 Å². The molecule has 138 valence electrons. The quantitative estimate of drug-likeness (QED) is 0.680. The van der Waals surface area contributed by atoms with E-state index in [1.165, 1.54) is 6.07 Å². The highest BCUT2D eigenvalue weighted by Gasteiger charge is 2.32. The van der Waals surface area contributed by atoms with Gasteiger partial charge in [-0.2, -0.15) is 5.26 Å². The normalized spacial score (nSPS) is 11.1. The number of nitrogens with zero attached hydrogens (tertiary/aromatic N) is 3. The molecule has 2 aromatic carbocycles. The molecule has 27 heavy (non-hydrogen) atoms. The molecule has 0 bridgehead atoms. The Hall–Kier alpha value is -3.61. The standard InChI is InChI=1S/C17H10F4N4O2/c18-13-5-4-10(6-15(13)27-17(19,20)21)9-26-12-3-1-2-11(7-12)16-14(8-22)23-25-24-16/h1-7H,9H2,(H,23,24,25). The van der Waals surface area contributed by atoms with Crippen LogP contribution < -0.4 is 9.47 Å². The van der Waals surface area contributed by atoms with Gasteiger partial charge in [0.25, 0.3) is 0 Å². The van der Waals surface area contributed by atoms with Crippen molar-refractivity contribution in [2.24, 2.45) is 0 Å². The number of benzene rings is 2. The summed E-state index contributed by atoms with van der Waals surface area (Å²) in [4.78, 5) is 0. The molecule has 0 atom stereocenters. The Morgan fingerprint density at radius 3 is 2.70 bits per heavy atom. The predicted octanol–water partition coefficient (Wildman–Crippen LogP) is 3.96. The first-order valence-electron chi connectivity index (χ1n) is 7.44. The molecular formula is C17H10F4N4O2. The number of alkyl halides is 3. The number of nitrogens with one attached hydrogen (secondary N) is 1. The molecule has 10 heteroatoms. The molecule has 0 amide bonds. The summed E-state index contributed by atoms with van der Waals surface area (Å²) in [5, 5.41) is 18.8. The molecule has 0 spiro atoms. The Labute approximate surface area is 150 Å². The van der Waals surface area contributed by atoms with Gasteiger partial charge in [-0.3, -0.25) is 0 Å². The zero-order valence-corrected chi connectivity index (χ0v) is 13.4. The van der Waals surface area contributed by atoms with Gasteiger partial charge in [0.15, 0.2) is 17.3 Å². The van der Waals surface area contributed by atoms with Crippen LogP contribution in [0.25, 0.3) is 11.3 Å². The lowest BCUT2D eigenvalue weighted by Crippen LogP contribution is -2.18. The average Bonchev–Trinajstić information content (AvgIpc) is 3.10. The van der Waals surface area contributed by atoms with E-state index in [4.69, 9.17) is 10.00 Å². The third-order valence-corrected chi connectivity index (χ3v) is 3.39. The molecule has 0 aliphatic heterocycles. The summed E-state index contributed by atoms with van der Waals surface area (Å²) in [6.07, 6.45) is -5.00. The summed E-state index contributed by atoms with van der Waals surface area (Å²) >= 11 is 0. The molecule has 0 radical (unpaired) electrons. The SMILES string of the molecule is N#Cc1[nH]nnc1-c1cccc(OCc2ccc(F)c(OC(F)(F)F)c2)c1. The third-order valence-electron chi connectivity index (χ3n) is 3.39. The van der Waals surface area contributed by atoms with Gasteiger partial charge < -0.3 is 9.47 Å². The zero-order chi connectivity index (χ0) is 19.4. The number of rotatable bonds is 5. The molecule has 3 rings (SSSR count). The van der Waals surface area contributed by atoms with Gasteiger partial charge in [0.2, 0.25) is 0 Å². The minimum absolute atomic E-state index is 0.123. The minimum Gasteiger partial charge on any atom is -0.489 e. The molecule has 3 aromatic rings. The second-order valence-electron chi connectivity index (χ2n) is 5.28. The highest BCUT2D eigenvalue weighted by Crippen LogP contribution is 2.28. The summed E-state index contributed by atoms with van der Waals surface area (Å²) < 4.78 is 59.5. The molecule has 1 N–H and O–H groups in total. The summed E-state index contributed by atoms with van der Waals surface area (Å²) in [6, 6.07) is 11.5. The number of aromatic amines is 1. The largest absolute Gasteiger partial charge is 0.573 e. The van der Waals surface area contributed by atoms with Crippen molar-refractivity contribution in [3.63, 3.8) is 0 Å². The third kappa shape index (κ3) is 4.52. The predicted molar refractivity (Wildman–Crippen MR) is 83.9 cm³/mol. The molecule has 0 saturated heterocycles. The lowest BCUT2D eigenvalue weighted by molar-refractivity contribution is -0.275. The monoisotopic (exact) mass is 378 g/mol. The highest BCUT2D eigenvalue weighted by molar-refractivity contribution is 5.65. The maximum atomic E-state index is 13.4. The van der Waals surface area contributed by atoms with Gasteiger partial charge in [-0.15, -0.1) is 18.3 Å². The van der Waals surface area contributed by atoms with Crippen molar-refractivity contribution < 1.29 is 27.0 Å². The lowest BCUT2D eigenvalue weighted by atomic mass is 10.1. The van der Waals surface area contributed by atoms with Crippen LogP contribution in [-0.4, -0.2) is 21.8 Å². The van der Waals surface area contributed by atoms with Gasteiger partial charge in [-0.05, 0) is 29.8 Å². The molecule has 0 aliphatic carbocycles. The van der Waals surface area contributed by atoms with Gasteiger partial charge in [-0.25, -0.2) is 9.49 Å². The fourth-order valence-corrected chi connectivity index (χ4v) is 2.25. The van der Waals surface area contributed by atoms with E-state index in [-0.39, 0.29) is 17.9 Å². The average molecular weight is 378 g/mol. The zero-order valence-electron chi connectivity index (χ0n) is 13.4. The molecule has 0 aliphatic rings. The van der Waals surface area contributed by atoms with Crippen molar-refractivity contribution in [1.29, 1.82) is 5.26 Å². The van der Waals surface area contributed by atoms with E-state index < -0.39 is 17.9 Å². The Morgan fingerprint density at radius 1 is 1.15 bits per heavy atom. The van der Waals surface area contributed by atoms with Crippen molar-refractivity contribution in [3.8, 4) is 28.8 Å². The highest BCUT2D eigenvalue weighted by atomic mass is 19.4. The molecule has 0 saturated carbocycles. The van der Waals surface area contributed by atoms with Crippen LogP contribution in [-0.2, 0) is 6.61 Å². The van der Waals surface area contributed by atoms with E-state index in [1.807, 2.05) is 6.07 Å². The van der Waals surface area contributed by atoms with E-state index in [9.17, 15) is 17.6 Å². The van der Waals surface area contributed by atoms with Crippen molar-refractivity contribution >= 4 is 0 Å². The Bertz CT molecular complexity index is 995. The van der Waals surface area contributed by atoms with Crippen LogP contribution in [0.15, 0.2) is 42.5 Å². The van der Waals surface area contributed by atoms with Crippen LogP contribution in [0.3, 0.4) is 0 Å². The summed E-state index contributed by atoms with van der Waals surface area (Å²) in [7, 11) is 0. The van der Waals surface area contributed by atoms with Crippen molar-refractivity contribution in [3.05, 3.63) is 59.5 Å². The van der Waals surface area contributed by atoms with Crippen LogP contribution in [0.1, 0.15) is 11.3 Å². The van der Waals surface area contributed by atoms with Gasteiger partial charge >= 0.3 is 6.36 Å². The van der Waals surface area contributed by atoms with Gasteiger partial charge in [0.05, 0.1) is 0 Å². The maximum absolute atomic E-state index is 13.4. The number of H-pyrrole nitrogens is 1. The second kappa shape index (κ2) is 7.33. The van der Waals surface area contributed by atoms with Crippen molar-refractivity contribution in [2.45, 2.75) is 13.0 Å². The van der Waals surface area contributed by atoms with Gasteiger partial charge in [0.1, 0.15) is 24.1 Å². The van der Waals surface area contributed by atoms with Crippen molar-refractivity contribution in [2.75, 3.05) is 0 Å². The topological polar surface area (TPSA) is 83.8 Å². The van der Waals surface area contributed by atoms with Crippen LogP contribution in [0, 0.1) is 17.1 Å². The number of nitriles is 1. The number of hydrogen-bond donors (Lipinski definition) is 1. The first-order chi connectivity index (χ1) is 12.9. The molecular weight excluding hydrogens is 368 g/mol. The lowest BCUT2D eigenvalue weighted by Gasteiger charge is -2.12. The summed E-state index contributed by atoms with van der Waals surface area (Å²) in [5.74, 6) is -1.69. The number of hydrogen-bond acceptors (Lipinski definition) is 5. The number of ether oxygens (including phenoxy) is 2. The van der Waals surface area contributed by atoms with Crippen LogP contribution >= 0.6 is 0 Å². The van der Waals surface area contributed by atoms with Crippen molar-refractivity contribution in [1.82, 2.24) is 15.4 Å². The molecule has 0 fully saturated rings. The summed E-state index contributed by atoms with van der Waals surface area (Å²) in [6.45, 7) is -0.123. The van der Waals surface area contributed by atoms with E-state index in [2.05, 4.69) is 20.1 Å². The van der Waals surface area contributed by atoms with Crippen LogP contribution in [0.5, 0.6) is 11.5 Å². The van der Waals surface area contributed by atoms with Gasteiger partial charge in [0, 0.05) is 5.56 Å². The molecule has 6 nitrogen and oxygen atoms in total. The second-order valence-corrected chi connectivity index (χ2v) is 5.28. The van der Waals surface area contributed by atoms with Crippen LogP contribution in [0.4, 0.5) is 17.6 Å². The molecule has 1 heterocycles. The first-order valence-corrected chi connectivity index (χ1v) is 7.44. The summed E-state index contributed by atoms with van der Waals surface area (Å²) in [5.41, 5.74) is 1.36.